The lowest BCUT2D eigenvalue weighted by Gasteiger charge is -2.45. The minimum absolute atomic E-state index is 0.365. The topological polar surface area (TPSA) is 63.9 Å². The molecule has 0 amide bonds. The van der Waals surface area contributed by atoms with Crippen molar-refractivity contribution in [3.63, 3.8) is 0 Å². The summed E-state index contributed by atoms with van der Waals surface area (Å²) in [6.07, 6.45) is 11.7. The fraction of sp³-hybridized carbons (Fsp3) is 0.778. The fourth-order valence-corrected chi connectivity index (χ4v) is 7.37. The molecule has 0 aromatic carbocycles. The molecule has 4 fully saturated rings. The maximum Gasteiger partial charge on any atom is 0.0809 e. The summed E-state index contributed by atoms with van der Waals surface area (Å²) in [5.74, 6) is 2.04. The lowest BCUT2D eigenvalue weighted by molar-refractivity contribution is 0.0549. The SMILES string of the molecule is C=C1[C@H](O)C/C(=C/C=C2\CCC[C@]3(C)[C@@H](C(C)CN4CC[C@](C)(O)C4)CC[C@@H]23)C[C@@H]1O. The summed E-state index contributed by atoms with van der Waals surface area (Å²) in [5, 5.41) is 30.6. The zero-order chi connectivity index (χ0) is 22.4. The molecule has 0 aromatic heterocycles. The summed E-state index contributed by atoms with van der Waals surface area (Å²) in [5.41, 5.74) is 3.12. The molecule has 3 saturated carbocycles. The van der Waals surface area contributed by atoms with E-state index in [9.17, 15) is 15.3 Å². The standard InChI is InChI=1S/C27H43NO3/c1-18(16-28-13-12-26(3,31)17-28)22-9-10-23-21(6-5-11-27(22,23)4)8-7-20-14-24(29)19(2)25(30)15-20/h7-8,18,22-25,29-31H,2,5-6,9-17H2,1,3-4H3/b20-7-,21-8+/t18?,22-,23+,24-,25+,26+,27-/m1/s1. The zero-order valence-electron chi connectivity index (χ0n) is 19.8. The Morgan fingerprint density at radius 1 is 1.13 bits per heavy atom. The number of β-amino-alcohol motifs (C(OH)–C–C–N with tert-alkyl or cyclic N) is 1. The Bertz CT molecular complexity index is 738. The number of fused-ring (bicyclic) bond motifs is 1. The Morgan fingerprint density at radius 2 is 1.84 bits per heavy atom. The van der Waals surface area contributed by atoms with Crippen LogP contribution in [0.4, 0.5) is 0 Å². The highest BCUT2D eigenvalue weighted by Gasteiger charge is 2.51. The molecule has 4 rings (SSSR count). The highest BCUT2D eigenvalue weighted by Crippen LogP contribution is 2.59. The van der Waals surface area contributed by atoms with Crippen LogP contribution in [-0.4, -0.2) is 57.7 Å². The van der Waals surface area contributed by atoms with E-state index >= 15 is 0 Å². The van der Waals surface area contributed by atoms with Crippen molar-refractivity contribution < 1.29 is 15.3 Å². The molecule has 174 valence electrons. The molecule has 1 aliphatic heterocycles. The number of likely N-dealkylation sites (tertiary alicyclic amines) is 1. The number of rotatable bonds is 4. The van der Waals surface area contributed by atoms with Crippen LogP contribution in [0, 0.1) is 23.2 Å². The van der Waals surface area contributed by atoms with Gasteiger partial charge in [-0.1, -0.05) is 43.7 Å². The van der Waals surface area contributed by atoms with Crippen LogP contribution >= 0.6 is 0 Å². The second-order valence-electron chi connectivity index (χ2n) is 11.6. The van der Waals surface area contributed by atoms with Gasteiger partial charge in [0.2, 0.25) is 0 Å². The Balaban J connectivity index is 1.44. The van der Waals surface area contributed by atoms with E-state index < -0.39 is 17.8 Å². The summed E-state index contributed by atoms with van der Waals surface area (Å²) in [6.45, 7) is 13.7. The monoisotopic (exact) mass is 429 g/mol. The summed E-state index contributed by atoms with van der Waals surface area (Å²) < 4.78 is 0. The Kier molecular flexibility index (Phi) is 6.58. The number of nitrogens with zero attached hydrogens (tertiary/aromatic N) is 1. The molecule has 7 atom stereocenters. The van der Waals surface area contributed by atoms with E-state index in [-0.39, 0.29) is 0 Å². The molecule has 1 unspecified atom stereocenters. The molecule has 4 heteroatoms. The van der Waals surface area contributed by atoms with Gasteiger partial charge in [-0.15, -0.1) is 0 Å². The molecule has 3 aliphatic carbocycles. The van der Waals surface area contributed by atoms with Gasteiger partial charge in [-0.25, -0.2) is 0 Å². The minimum atomic E-state index is -0.618. The van der Waals surface area contributed by atoms with Crippen molar-refractivity contribution in [1.29, 1.82) is 0 Å². The van der Waals surface area contributed by atoms with Gasteiger partial charge in [0.05, 0.1) is 17.8 Å². The van der Waals surface area contributed by atoms with Gasteiger partial charge in [0.1, 0.15) is 0 Å². The normalized spacial score (nSPS) is 45.4. The van der Waals surface area contributed by atoms with Crippen LogP contribution in [0.25, 0.3) is 0 Å². The summed E-state index contributed by atoms with van der Waals surface area (Å²) >= 11 is 0. The van der Waals surface area contributed by atoms with Gasteiger partial charge in [-0.05, 0) is 87.0 Å². The van der Waals surface area contributed by atoms with Crippen LogP contribution in [0.1, 0.15) is 72.1 Å². The average molecular weight is 430 g/mol. The molecule has 0 spiro atoms. The Labute approximate surface area is 188 Å². The van der Waals surface area contributed by atoms with Gasteiger partial charge in [0.25, 0.3) is 0 Å². The van der Waals surface area contributed by atoms with Crippen molar-refractivity contribution >= 4 is 0 Å². The third kappa shape index (κ3) is 4.73. The van der Waals surface area contributed by atoms with E-state index in [1.807, 2.05) is 6.92 Å². The third-order valence-electron chi connectivity index (χ3n) is 9.10. The number of hydrogen-bond acceptors (Lipinski definition) is 4. The molecule has 0 radical (unpaired) electrons. The first-order chi connectivity index (χ1) is 14.6. The number of hydrogen-bond donors (Lipinski definition) is 3. The number of aliphatic hydroxyl groups is 3. The molecule has 1 saturated heterocycles. The largest absolute Gasteiger partial charge is 0.389 e. The molecule has 0 aromatic rings. The van der Waals surface area contributed by atoms with Gasteiger partial charge >= 0.3 is 0 Å². The quantitative estimate of drug-likeness (QED) is 0.586. The lowest BCUT2D eigenvalue weighted by Crippen LogP contribution is -2.40. The minimum Gasteiger partial charge on any atom is -0.389 e. The van der Waals surface area contributed by atoms with Crippen LogP contribution in [0.3, 0.4) is 0 Å². The highest BCUT2D eigenvalue weighted by molar-refractivity contribution is 5.29. The van der Waals surface area contributed by atoms with Crippen LogP contribution in [0.5, 0.6) is 0 Å². The van der Waals surface area contributed by atoms with Crippen molar-refractivity contribution in [2.75, 3.05) is 19.6 Å². The summed E-state index contributed by atoms with van der Waals surface area (Å²) in [6, 6.07) is 0. The molecule has 1 heterocycles. The number of aliphatic hydroxyl groups excluding tert-OH is 2. The first-order valence-electron chi connectivity index (χ1n) is 12.5. The van der Waals surface area contributed by atoms with Gasteiger partial charge in [-0.2, -0.15) is 0 Å². The van der Waals surface area contributed by atoms with Gasteiger partial charge in [0, 0.05) is 19.6 Å². The summed E-state index contributed by atoms with van der Waals surface area (Å²) in [7, 11) is 0. The van der Waals surface area contributed by atoms with E-state index in [0.29, 0.717) is 35.7 Å². The smallest absolute Gasteiger partial charge is 0.0809 e. The predicted octanol–water partition coefficient (Wildman–Crippen LogP) is 4.22. The van der Waals surface area contributed by atoms with E-state index in [1.165, 1.54) is 32.1 Å². The van der Waals surface area contributed by atoms with E-state index in [1.54, 1.807) is 5.57 Å². The first kappa shape index (κ1) is 23.2. The molecule has 31 heavy (non-hydrogen) atoms. The molecule has 0 bridgehead atoms. The van der Waals surface area contributed by atoms with E-state index in [2.05, 4.69) is 37.5 Å². The molecule has 3 N–H and O–H groups in total. The maximum absolute atomic E-state index is 10.3. The highest BCUT2D eigenvalue weighted by atomic mass is 16.3. The summed E-state index contributed by atoms with van der Waals surface area (Å²) in [4.78, 5) is 2.47. The third-order valence-corrected chi connectivity index (χ3v) is 9.10. The van der Waals surface area contributed by atoms with Crippen LogP contribution in [-0.2, 0) is 0 Å². The zero-order valence-corrected chi connectivity index (χ0v) is 19.8. The maximum atomic E-state index is 10.3. The molecular formula is C27H43NO3. The second kappa shape index (κ2) is 8.78. The van der Waals surface area contributed by atoms with Crippen molar-refractivity contribution in [2.24, 2.45) is 23.2 Å². The lowest BCUT2D eigenvalue weighted by atomic mass is 9.61. The van der Waals surface area contributed by atoms with Crippen molar-refractivity contribution in [2.45, 2.75) is 89.9 Å². The fourth-order valence-electron chi connectivity index (χ4n) is 7.37. The van der Waals surface area contributed by atoms with Gasteiger partial charge < -0.3 is 20.2 Å². The molecule has 4 nitrogen and oxygen atoms in total. The van der Waals surface area contributed by atoms with Crippen molar-refractivity contribution in [1.82, 2.24) is 4.90 Å². The number of allylic oxidation sites excluding steroid dienone is 3. The average Bonchev–Trinajstić information content (AvgIpc) is 3.22. The van der Waals surface area contributed by atoms with Gasteiger partial charge in [-0.3, -0.25) is 0 Å². The van der Waals surface area contributed by atoms with E-state index in [0.717, 1.165) is 37.5 Å². The molecule has 4 aliphatic rings. The Morgan fingerprint density at radius 3 is 2.48 bits per heavy atom. The van der Waals surface area contributed by atoms with Crippen LogP contribution < -0.4 is 0 Å². The molecular weight excluding hydrogens is 386 g/mol. The Hall–Kier alpha value is -0.940. The van der Waals surface area contributed by atoms with E-state index in [4.69, 9.17) is 0 Å². The van der Waals surface area contributed by atoms with Gasteiger partial charge in [0.15, 0.2) is 0 Å². The van der Waals surface area contributed by atoms with Crippen molar-refractivity contribution in [3.8, 4) is 0 Å². The first-order valence-corrected chi connectivity index (χ1v) is 12.5. The predicted molar refractivity (Wildman–Crippen MR) is 126 cm³/mol. The van der Waals surface area contributed by atoms with Crippen molar-refractivity contribution in [3.05, 3.63) is 35.5 Å². The van der Waals surface area contributed by atoms with Crippen LogP contribution in [0.15, 0.2) is 35.5 Å². The second-order valence-corrected chi connectivity index (χ2v) is 11.6. The van der Waals surface area contributed by atoms with Crippen LogP contribution in [0.2, 0.25) is 0 Å².